The van der Waals surface area contributed by atoms with E-state index in [1.54, 1.807) is 0 Å². The largest absolute Gasteiger partial charge is 0.357 e. The highest BCUT2D eigenvalue weighted by Crippen LogP contribution is 2.12. The molecular formula is C20H27IN4O. The Morgan fingerprint density at radius 2 is 1.77 bits per heavy atom. The molecule has 0 aliphatic heterocycles. The quantitative estimate of drug-likeness (QED) is 0.386. The van der Waals surface area contributed by atoms with Crippen molar-refractivity contribution < 1.29 is 4.79 Å². The fourth-order valence-electron chi connectivity index (χ4n) is 2.52. The van der Waals surface area contributed by atoms with Crippen LogP contribution < -0.4 is 10.6 Å². The summed E-state index contributed by atoms with van der Waals surface area (Å²) in [6, 6.07) is 18.1. The molecule has 140 valence electrons. The minimum Gasteiger partial charge on any atom is -0.357 e. The van der Waals surface area contributed by atoms with E-state index in [-0.39, 0.29) is 29.9 Å². The summed E-state index contributed by atoms with van der Waals surface area (Å²) in [5.74, 6) is 0.785. The monoisotopic (exact) mass is 466 g/mol. The van der Waals surface area contributed by atoms with Gasteiger partial charge in [-0.05, 0) is 30.2 Å². The molecule has 0 aliphatic carbocycles. The zero-order valence-corrected chi connectivity index (χ0v) is 17.9. The predicted molar refractivity (Wildman–Crippen MR) is 119 cm³/mol. The van der Waals surface area contributed by atoms with Crippen LogP contribution in [0.5, 0.6) is 0 Å². The van der Waals surface area contributed by atoms with Crippen LogP contribution in [0.15, 0.2) is 59.6 Å². The SMILES string of the molecule is CCNC(=NCc1cccc(NC(C)=O)c1)N(C)Cc1ccccc1.I. The molecule has 1 amide bonds. The number of benzene rings is 2. The number of nitrogens with zero attached hydrogens (tertiary/aromatic N) is 2. The van der Waals surface area contributed by atoms with Crippen LogP contribution in [-0.4, -0.2) is 30.4 Å². The topological polar surface area (TPSA) is 56.7 Å². The summed E-state index contributed by atoms with van der Waals surface area (Å²) >= 11 is 0. The Balaban J connectivity index is 0.00000338. The second-order valence-corrected chi connectivity index (χ2v) is 5.89. The first-order valence-corrected chi connectivity index (χ1v) is 8.48. The molecule has 2 N–H and O–H groups in total. The summed E-state index contributed by atoms with van der Waals surface area (Å²) < 4.78 is 0. The van der Waals surface area contributed by atoms with Gasteiger partial charge < -0.3 is 15.5 Å². The fourth-order valence-corrected chi connectivity index (χ4v) is 2.52. The smallest absolute Gasteiger partial charge is 0.221 e. The molecule has 0 aromatic heterocycles. The van der Waals surface area contributed by atoms with Crippen LogP contribution in [0.25, 0.3) is 0 Å². The Hall–Kier alpha value is -2.09. The van der Waals surface area contributed by atoms with Crippen molar-refractivity contribution in [1.29, 1.82) is 0 Å². The summed E-state index contributed by atoms with van der Waals surface area (Å²) in [5.41, 5.74) is 3.08. The van der Waals surface area contributed by atoms with E-state index in [2.05, 4.69) is 34.6 Å². The van der Waals surface area contributed by atoms with E-state index in [4.69, 9.17) is 4.99 Å². The number of hydrogen-bond acceptors (Lipinski definition) is 2. The van der Waals surface area contributed by atoms with Crippen molar-refractivity contribution in [3.63, 3.8) is 0 Å². The summed E-state index contributed by atoms with van der Waals surface area (Å²) in [6.45, 7) is 5.72. The summed E-state index contributed by atoms with van der Waals surface area (Å²) in [6.07, 6.45) is 0. The lowest BCUT2D eigenvalue weighted by atomic mass is 10.2. The maximum atomic E-state index is 11.2. The van der Waals surface area contributed by atoms with Crippen molar-refractivity contribution in [1.82, 2.24) is 10.2 Å². The third kappa shape index (κ3) is 7.43. The molecule has 6 heteroatoms. The molecule has 2 aromatic carbocycles. The summed E-state index contributed by atoms with van der Waals surface area (Å²) in [4.78, 5) is 18.0. The zero-order chi connectivity index (χ0) is 18.1. The number of carbonyl (C=O) groups is 1. The van der Waals surface area contributed by atoms with Crippen molar-refractivity contribution in [2.75, 3.05) is 18.9 Å². The highest BCUT2D eigenvalue weighted by Gasteiger charge is 2.06. The number of halogens is 1. The molecule has 0 atom stereocenters. The third-order valence-corrected chi connectivity index (χ3v) is 3.62. The molecule has 0 fully saturated rings. The van der Waals surface area contributed by atoms with Crippen molar-refractivity contribution >= 4 is 41.5 Å². The van der Waals surface area contributed by atoms with Gasteiger partial charge in [0.15, 0.2) is 5.96 Å². The van der Waals surface area contributed by atoms with E-state index in [9.17, 15) is 4.79 Å². The molecule has 2 aromatic rings. The number of hydrogen-bond donors (Lipinski definition) is 2. The zero-order valence-electron chi connectivity index (χ0n) is 15.5. The number of carbonyl (C=O) groups excluding carboxylic acids is 1. The Kier molecular flexibility index (Phi) is 9.72. The number of nitrogens with one attached hydrogen (secondary N) is 2. The Morgan fingerprint density at radius 3 is 2.42 bits per heavy atom. The number of rotatable bonds is 6. The lowest BCUT2D eigenvalue weighted by molar-refractivity contribution is -0.114. The van der Waals surface area contributed by atoms with Crippen molar-refractivity contribution in [2.45, 2.75) is 26.9 Å². The lowest BCUT2D eigenvalue weighted by Crippen LogP contribution is -2.38. The second-order valence-electron chi connectivity index (χ2n) is 5.89. The van der Waals surface area contributed by atoms with Crippen LogP contribution in [0, 0.1) is 0 Å². The molecular weight excluding hydrogens is 439 g/mol. The minimum absolute atomic E-state index is 0. The van der Waals surface area contributed by atoms with Crippen LogP contribution in [0.4, 0.5) is 5.69 Å². The van der Waals surface area contributed by atoms with Crippen LogP contribution in [0.1, 0.15) is 25.0 Å². The van der Waals surface area contributed by atoms with Crippen LogP contribution >= 0.6 is 24.0 Å². The highest BCUT2D eigenvalue weighted by molar-refractivity contribution is 14.0. The molecule has 0 unspecified atom stereocenters. The Bertz CT molecular complexity index is 719. The summed E-state index contributed by atoms with van der Waals surface area (Å²) in [7, 11) is 2.03. The Morgan fingerprint density at radius 1 is 1.08 bits per heavy atom. The van der Waals surface area contributed by atoms with Gasteiger partial charge >= 0.3 is 0 Å². The molecule has 26 heavy (non-hydrogen) atoms. The fraction of sp³-hybridized carbons (Fsp3) is 0.300. The normalized spacial score (nSPS) is 10.7. The second kappa shape index (κ2) is 11.5. The van der Waals surface area contributed by atoms with Gasteiger partial charge in [0.1, 0.15) is 0 Å². The van der Waals surface area contributed by atoms with E-state index in [0.717, 1.165) is 30.3 Å². The van der Waals surface area contributed by atoms with Gasteiger partial charge in [-0.25, -0.2) is 4.99 Å². The first-order valence-electron chi connectivity index (χ1n) is 8.48. The predicted octanol–water partition coefficient (Wildman–Crippen LogP) is 3.86. The van der Waals surface area contributed by atoms with E-state index < -0.39 is 0 Å². The molecule has 0 saturated carbocycles. The van der Waals surface area contributed by atoms with Crippen LogP contribution in [0.3, 0.4) is 0 Å². The minimum atomic E-state index is -0.0726. The highest BCUT2D eigenvalue weighted by atomic mass is 127. The van der Waals surface area contributed by atoms with Crippen molar-refractivity contribution in [3.05, 3.63) is 65.7 Å². The van der Waals surface area contributed by atoms with Gasteiger partial charge in [0, 0.05) is 32.7 Å². The number of anilines is 1. The molecule has 0 spiro atoms. The maximum Gasteiger partial charge on any atom is 0.221 e. The van der Waals surface area contributed by atoms with E-state index in [0.29, 0.717) is 6.54 Å². The molecule has 0 aliphatic rings. The average molecular weight is 466 g/mol. The lowest BCUT2D eigenvalue weighted by Gasteiger charge is -2.22. The van der Waals surface area contributed by atoms with Crippen LogP contribution in [-0.2, 0) is 17.9 Å². The number of aliphatic imine (C=N–C) groups is 1. The molecule has 0 heterocycles. The van der Waals surface area contributed by atoms with Crippen molar-refractivity contribution in [3.8, 4) is 0 Å². The standard InChI is InChI=1S/C20H26N4O.HI/c1-4-21-20(24(3)15-17-9-6-5-7-10-17)22-14-18-11-8-12-19(13-18)23-16(2)25;/h5-13H,4,14-15H2,1-3H3,(H,21,22)(H,23,25);1H. The molecule has 2 rings (SSSR count). The third-order valence-electron chi connectivity index (χ3n) is 3.62. The molecule has 5 nitrogen and oxygen atoms in total. The number of amides is 1. The van der Waals surface area contributed by atoms with E-state index in [1.165, 1.54) is 12.5 Å². The van der Waals surface area contributed by atoms with Gasteiger partial charge in [0.2, 0.25) is 5.91 Å². The molecule has 0 radical (unpaired) electrons. The number of guanidine groups is 1. The first kappa shape index (κ1) is 22.0. The van der Waals surface area contributed by atoms with Gasteiger partial charge in [-0.3, -0.25) is 4.79 Å². The van der Waals surface area contributed by atoms with Crippen molar-refractivity contribution in [2.24, 2.45) is 4.99 Å². The molecule has 0 saturated heterocycles. The Labute approximate surface area is 172 Å². The average Bonchev–Trinajstić information content (AvgIpc) is 2.59. The maximum absolute atomic E-state index is 11.2. The van der Waals surface area contributed by atoms with E-state index >= 15 is 0 Å². The van der Waals surface area contributed by atoms with Gasteiger partial charge in [-0.1, -0.05) is 42.5 Å². The van der Waals surface area contributed by atoms with Gasteiger partial charge in [0.25, 0.3) is 0 Å². The molecule has 0 bridgehead atoms. The summed E-state index contributed by atoms with van der Waals surface area (Å²) in [5, 5.41) is 6.13. The van der Waals surface area contributed by atoms with E-state index in [1.807, 2.05) is 49.5 Å². The van der Waals surface area contributed by atoms with Gasteiger partial charge in [-0.2, -0.15) is 0 Å². The van der Waals surface area contributed by atoms with Gasteiger partial charge in [-0.15, -0.1) is 24.0 Å². The first-order chi connectivity index (χ1) is 12.1. The van der Waals surface area contributed by atoms with Crippen LogP contribution in [0.2, 0.25) is 0 Å². The van der Waals surface area contributed by atoms with Gasteiger partial charge in [0.05, 0.1) is 6.54 Å².